The van der Waals surface area contributed by atoms with Crippen molar-refractivity contribution in [3.05, 3.63) is 112 Å². The van der Waals surface area contributed by atoms with Crippen molar-refractivity contribution in [1.29, 1.82) is 0 Å². The molecule has 246 valence electrons. The summed E-state index contributed by atoms with van der Waals surface area (Å²) in [7, 11) is -3.92. The number of ether oxygens (including phenoxy) is 2. The molecule has 0 amide bonds. The summed E-state index contributed by atoms with van der Waals surface area (Å²) in [5, 5.41) is 0.820. The molecule has 0 saturated carbocycles. The van der Waals surface area contributed by atoms with E-state index >= 15 is 0 Å². The minimum atomic E-state index is -3.92. The Labute approximate surface area is 278 Å². The van der Waals surface area contributed by atoms with Crippen molar-refractivity contribution in [3.63, 3.8) is 0 Å². The van der Waals surface area contributed by atoms with Gasteiger partial charge < -0.3 is 9.47 Å². The van der Waals surface area contributed by atoms with Gasteiger partial charge in [-0.15, -0.1) is 0 Å². The molecule has 1 aliphatic carbocycles. The van der Waals surface area contributed by atoms with Crippen LogP contribution in [0, 0.1) is 12.8 Å². The monoisotopic (exact) mass is 652 g/mol. The summed E-state index contributed by atoms with van der Waals surface area (Å²) in [4.78, 5) is 16.6. The Morgan fingerprint density at radius 2 is 1.74 bits per heavy atom. The molecule has 0 spiro atoms. The fourth-order valence-electron chi connectivity index (χ4n) is 7.89. The molecule has 2 aliphatic heterocycles. The van der Waals surface area contributed by atoms with Crippen LogP contribution in [0.25, 0.3) is 10.9 Å². The Morgan fingerprint density at radius 3 is 2.43 bits per heavy atom. The van der Waals surface area contributed by atoms with Crippen LogP contribution < -0.4 is 0 Å². The average molecular weight is 653 g/mol. The highest BCUT2D eigenvalue weighted by molar-refractivity contribution is 7.90. The van der Waals surface area contributed by atoms with Crippen LogP contribution >= 0.6 is 0 Å². The number of hydrogen-bond acceptors (Lipinski definition) is 6. The highest BCUT2D eigenvalue weighted by Gasteiger charge is 2.56. The van der Waals surface area contributed by atoms with Crippen LogP contribution in [0.4, 0.5) is 0 Å². The van der Waals surface area contributed by atoms with Gasteiger partial charge in [0, 0.05) is 35.1 Å². The molecule has 0 N–H and O–H groups in total. The van der Waals surface area contributed by atoms with E-state index in [0.717, 1.165) is 22.9 Å². The molecule has 7 rings (SSSR count). The van der Waals surface area contributed by atoms with Crippen LogP contribution in [0.1, 0.15) is 93.8 Å². The van der Waals surface area contributed by atoms with Crippen LogP contribution in [0.3, 0.4) is 0 Å². The maximum Gasteiger partial charge on any atom is 0.334 e. The fourth-order valence-corrected chi connectivity index (χ4v) is 9.27. The zero-order chi connectivity index (χ0) is 33.4. The Morgan fingerprint density at radius 1 is 1.02 bits per heavy atom. The molecule has 4 aromatic rings. The van der Waals surface area contributed by atoms with E-state index in [1.54, 1.807) is 18.3 Å². The predicted molar refractivity (Wildman–Crippen MR) is 184 cm³/mol. The lowest BCUT2D eigenvalue weighted by atomic mass is 9.83. The molecular weight excluding hydrogens is 609 g/mol. The molecular formula is C39H44N2O5S. The van der Waals surface area contributed by atoms with Crippen LogP contribution in [0.5, 0.6) is 0 Å². The van der Waals surface area contributed by atoms with Crippen LogP contribution in [-0.4, -0.2) is 41.2 Å². The van der Waals surface area contributed by atoms with Gasteiger partial charge in [-0.25, -0.2) is 17.2 Å². The largest absolute Gasteiger partial charge is 0.457 e. The molecule has 3 aliphatic rings. The van der Waals surface area contributed by atoms with Crippen molar-refractivity contribution >= 4 is 26.9 Å². The van der Waals surface area contributed by atoms with Crippen LogP contribution in [-0.2, 0) is 30.7 Å². The summed E-state index contributed by atoms with van der Waals surface area (Å²) >= 11 is 0. The first-order valence-corrected chi connectivity index (χ1v) is 18.2. The van der Waals surface area contributed by atoms with E-state index in [1.807, 2.05) is 70.2 Å². The quantitative estimate of drug-likeness (QED) is 0.197. The SMILES string of the molecule is CC[C@H]1C(C(=O)OC(C)(C)C)=C[C@@H](c2cn(S(=O)(=O)c3ccc(C)cc3)c3ccccc23)N2[C@@H]1O[C@@H]1Cc3cccc(C(C)C)c3[C@@H]12. The summed E-state index contributed by atoms with van der Waals surface area (Å²) in [6.45, 7) is 14.1. The first-order valence-electron chi connectivity index (χ1n) is 16.7. The molecule has 3 heterocycles. The summed E-state index contributed by atoms with van der Waals surface area (Å²) in [6.07, 6.45) is 4.82. The number of fused-ring (bicyclic) bond motifs is 6. The molecule has 3 aromatic carbocycles. The molecule has 0 unspecified atom stereocenters. The Kier molecular flexibility index (Phi) is 7.77. The van der Waals surface area contributed by atoms with Gasteiger partial charge >= 0.3 is 5.97 Å². The fraction of sp³-hybridized carbons (Fsp3) is 0.410. The van der Waals surface area contributed by atoms with Crippen LogP contribution in [0.2, 0.25) is 0 Å². The number of aryl methyl sites for hydroxylation is 1. The van der Waals surface area contributed by atoms with Gasteiger partial charge in [0.25, 0.3) is 10.0 Å². The lowest BCUT2D eigenvalue weighted by Crippen LogP contribution is -2.46. The van der Waals surface area contributed by atoms with Crippen molar-refractivity contribution in [2.45, 2.75) is 102 Å². The summed E-state index contributed by atoms with van der Waals surface area (Å²) in [6, 6.07) is 20.7. The summed E-state index contributed by atoms with van der Waals surface area (Å²) < 4.78 is 42.8. The molecule has 1 fully saturated rings. The maximum atomic E-state index is 14.2. The van der Waals surface area contributed by atoms with E-state index in [0.29, 0.717) is 23.4 Å². The van der Waals surface area contributed by atoms with Crippen molar-refractivity contribution in [2.75, 3.05) is 0 Å². The minimum absolute atomic E-state index is 0.0418. The zero-order valence-electron chi connectivity index (χ0n) is 28.2. The molecule has 0 bridgehead atoms. The molecule has 1 aromatic heterocycles. The molecule has 1 saturated heterocycles. The van der Waals surface area contributed by atoms with Crippen molar-refractivity contribution < 1.29 is 22.7 Å². The molecule has 7 nitrogen and oxygen atoms in total. The minimum Gasteiger partial charge on any atom is -0.457 e. The molecule has 5 atom stereocenters. The second-order valence-corrected chi connectivity index (χ2v) is 16.3. The van der Waals surface area contributed by atoms with Gasteiger partial charge in [0.15, 0.2) is 0 Å². The smallest absolute Gasteiger partial charge is 0.334 e. The summed E-state index contributed by atoms with van der Waals surface area (Å²) in [5.74, 6) is -0.234. The number of rotatable bonds is 6. The van der Waals surface area contributed by atoms with Gasteiger partial charge in [-0.2, -0.15) is 0 Å². The summed E-state index contributed by atoms with van der Waals surface area (Å²) in [5.41, 5.74) is 6.22. The number of carbonyl (C=O) groups is 1. The lowest BCUT2D eigenvalue weighted by Gasteiger charge is -2.43. The Balaban J connectivity index is 1.46. The van der Waals surface area contributed by atoms with Crippen molar-refractivity contribution in [3.8, 4) is 0 Å². The van der Waals surface area contributed by atoms with Gasteiger partial charge in [0.2, 0.25) is 0 Å². The van der Waals surface area contributed by atoms with E-state index in [9.17, 15) is 13.2 Å². The van der Waals surface area contributed by atoms with E-state index in [1.165, 1.54) is 20.7 Å². The standard InChI is InChI=1S/C39H44N2O5S/c1-8-27-30(38(42)46-39(5,6)7)21-33(41-36-34(45-37(27)41)20-25-12-11-14-28(23(2)3)35(25)36)31-22-40(32-15-10-9-13-29(31)32)47(43,44)26-18-16-24(4)17-19-26/h9-19,21-23,27,33-34,36-37H,8,20H2,1-7H3/t27-,33-,34+,36+,37+/m0/s1. The van der Waals surface area contributed by atoms with Gasteiger partial charge in [0.1, 0.15) is 11.8 Å². The predicted octanol–water partition coefficient (Wildman–Crippen LogP) is 7.98. The van der Waals surface area contributed by atoms with E-state index in [2.05, 4.69) is 43.9 Å². The topological polar surface area (TPSA) is 77.8 Å². The third kappa shape index (κ3) is 5.25. The lowest BCUT2D eigenvalue weighted by molar-refractivity contribution is -0.152. The molecule has 0 radical (unpaired) electrons. The third-order valence-electron chi connectivity index (χ3n) is 9.93. The maximum absolute atomic E-state index is 14.2. The van der Waals surface area contributed by atoms with E-state index < -0.39 is 21.7 Å². The van der Waals surface area contributed by atoms with E-state index in [-0.39, 0.29) is 35.2 Å². The highest BCUT2D eigenvalue weighted by atomic mass is 32.2. The number of para-hydroxylation sites is 1. The second kappa shape index (κ2) is 11.5. The van der Waals surface area contributed by atoms with Gasteiger partial charge in [-0.05, 0) is 74.9 Å². The van der Waals surface area contributed by atoms with Crippen molar-refractivity contribution in [2.24, 2.45) is 5.92 Å². The number of nitrogens with zero attached hydrogens (tertiary/aromatic N) is 2. The van der Waals surface area contributed by atoms with Crippen LogP contribution in [0.15, 0.2) is 89.5 Å². The van der Waals surface area contributed by atoms with Gasteiger partial charge in [-0.3, -0.25) is 4.90 Å². The third-order valence-corrected chi connectivity index (χ3v) is 11.6. The number of hydrogen-bond donors (Lipinski definition) is 0. The second-order valence-electron chi connectivity index (χ2n) is 14.5. The normalized spacial score (nSPS) is 24.3. The number of aromatic nitrogens is 1. The molecule has 47 heavy (non-hydrogen) atoms. The highest BCUT2D eigenvalue weighted by Crippen LogP contribution is 2.56. The molecule has 8 heteroatoms. The number of benzene rings is 3. The van der Waals surface area contributed by atoms with Gasteiger partial charge in [-0.1, -0.05) is 80.9 Å². The van der Waals surface area contributed by atoms with Gasteiger partial charge in [0.05, 0.1) is 28.6 Å². The van der Waals surface area contributed by atoms with Crippen molar-refractivity contribution in [1.82, 2.24) is 8.87 Å². The average Bonchev–Trinajstić information content (AvgIpc) is 3.70. The Hall–Kier alpha value is -3.72. The number of carbonyl (C=O) groups excluding carboxylic acids is 1. The van der Waals surface area contributed by atoms with E-state index in [4.69, 9.17) is 9.47 Å². The first kappa shape index (κ1) is 31.9. The number of esters is 1. The first-order chi connectivity index (χ1) is 22.3. The zero-order valence-corrected chi connectivity index (χ0v) is 29.0. The Bertz CT molecular complexity index is 2000.